The average molecular weight is 342 g/mol. The molecule has 4 bridgehead atoms. The summed E-state index contributed by atoms with van der Waals surface area (Å²) < 4.78 is 28.5. The van der Waals surface area contributed by atoms with Crippen LogP contribution in [0.4, 0.5) is 0 Å². The van der Waals surface area contributed by atoms with Gasteiger partial charge in [0.25, 0.3) is 0 Å². The summed E-state index contributed by atoms with van der Waals surface area (Å²) >= 11 is 0. The van der Waals surface area contributed by atoms with E-state index in [0.717, 1.165) is 35.6 Å². The molecule has 2 unspecified atom stereocenters. The van der Waals surface area contributed by atoms with Crippen LogP contribution in [0.5, 0.6) is 0 Å². The Hall–Kier alpha value is -1.46. The van der Waals surface area contributed by atoms with Gasteiger partial charge in [-0.15, -0.1) is 0 Å². The number of aromatic nitrogens is 1. The quantitative estimate of drug-likeness (QED) is 0.840. The molecule has 0 amide bonds. The summed E-state index contributed by atoms with van der Waals surface area (Å²) in [6, 6.07) is 9.32. The second-order valence-corrected chi connectivity index (χ2v) is 9.75. The number of sulfonamides is 1. The normalized spacial score (nSPS) is 33.0. The van der Waals surface area contributed by atoms with E-state index < -0.39 is 10.0 Å². The van der Waals surface area contributed by atoms with Gasteiger partial charge in [-0.3, -0.25) is 4.98 Å². The minimum Gasteiger partial charge on any atom is -0.256 e. The third-order valence-corrected chi connectivity index (χ3v) is 8.15. The topological polar surface area (TPSA) is 50.3 Å². The fourth-order valence-corrected chi connectivity index (χ4v) is 7.14. The van der Waals surface area contributed by atoms with E-state index >= 15 is 0 Å². The van der Waals surface area contributed by atoms with Crippen molar-refractivity contribution in [1.29, 1.82) is 0 Å². The van der Waals surface area contributed by atoms with Gasteiger partial charge in [0.2, 0.25) is 10.0 Å². The molecule has 126 valence electrons. The fraction of sp³-hybridized carbons (Fsp3) is 0.526. The van der Waals surface area contributed by atoms with Gasteiger partial charge < -0.3 is 0 Å². The van der Waals surface area contributed by atoms with Crippen LogP contribution in [0.2, 0.25) is 0 Å². The lowest BCUT2D eigenvalue weighted by Crippen LogP contribution is -2.42. The maximum absolute atomic E-state index is 13.4. The molecular formula is C19H22N2O2S. The molecule has 2 atom stereocenters. The highest BCUT2D eigenvalue weighted by Gasteiger charge is 2.46. The molecule has 0 spiro atoms. The van der Waals surface area contributed by atoms with E-state index in [4.69, 9.17) is 0 Å². The van der Waals surface area contributed by atoms with Gasteiger partial charge in [-0.05, 0) is 74.1 Å². The molecule has 3 heterocycles. The summed E-state index contributed by atoms with van der Waals surface area (Å²) in [5, 5.41) is 0.888. The molecule has 5 heteroatoms. The zero-order chi connectivity index (χ0) is 16.3. The van der Waals surface area contributed by atoms with E-state index in [1.54, 1.807) is 18.3 Å². The van der Waals surface area contributed by atoms with Crippen molar-refractivity contribution in [2.24, 2.45) is 17.8 Å². The van der Waals surface area contributed by atoms with Crippen molar-refractivity contribution in [3.63, 3.8) is 0 Å². The van der Waals surface area contributed by atoms with Crippen molar-refractivity contribution in [3.8, 4) is 0 Å². The summed E-state index contributed by atoms with van der Waals surface area (Å²) in [6.45, 7) is 0.713. The van der Waals surface area contributed by atoms with Gasteiger partial charge in [0, 0.05) is 24.2 Å². The molecule has 2 saturated carbocycles. The Morgan fingerprint density at radius 1 is 0.958 bits per heavy atom. The lowest BCUT2D eigenvalue weighted by Gasteiger charge is -2.38. The van der Waals surface area contributed by atoms with Crippen LogP contribution in [0.25, 0.3) is 10.9 Å². The second-order valence-electron chi connectivity index (χ2n) is 7.86. The van der Waals surface area contributed by atoms with Crippen LogP contribution < -0.4 is 0 Å². The summed E-state index contributed by atoms with van der Waals surface area (Å²) in [7, 11) is -3.43. The molecule has 4 fully saturated rings. The monoisotopic (exact) mass is 342 g/mol. The number of pyridine rings is 1. The van der Waals surface area contributed by atoms with Gasteiger partial charge in [0.05, 0.1) is 10.4 Å². The lowest BCUT2D eigenvalue weighted by atomic mass is 9.68. The van der Waals surface area contributed by atoms with Crippen molar-refractivity contribution in [1.82, 2.24) is 9.29 Å². The predicted molar refractivity (Wildman–Crippen MR) is 93.0 cm³/mol. The Kier molecular flexibility index (Phi) is 3.26. The molecule has 1 aromatic heterocycles. The molecule has 24 heavy (non-hydrogen) atoms. The van der Waals surface area contributed by atoms with Crippen LogP contribution in [-0.4, -0.2) is 30.3 Å². The van der Waals surface area contributed by atoms with E-state index in [1.165, 1.54) is 19.3 Å². The summed E-state index contributed by atoms with van der Waals surface area (Å²) in [5.74, 6) is 2.04. The van der Waals surface area contributed by atoms with Gasteiger partial charge in [0.1, 0.15) is 0 Å². The Bertz CT molecular complexity index is 881. The second kappa shape index (κ2) is 5.27. The molecular weight excluding hydrogens is 320 g/mol. The smallest absolute Gasteiger partial charge is 0.243 e. The molecule has 2 aliphatic heterocycles. The highest BCUT2D eigenvalue weighted by atomic mass is 32.2. The Morgan fingerprint density at radius 2 is 1.71 bits per heavy atom. The van der Waals surface area contributed by atoms with Crippen molar-refractivity contribution >= 4 is 20.9 Å². The van der Waals surface area contributed by atoms with Crippen LogP contribution in [0.3, 0.4) is 0 Å². The highest BCUT2D eigenvalue weighted by Crippen LogP contribution is 2.48. The van der Waals surface area contributed by atoms with E-state index in [9.17, 15) is 8.42 Å². The number of nitrogens with zero attached hydrogens (tertiary/aromatic N) is 2. The minimum absolute atomic E-state index is 0.204. The minimum atomic E-state index is -3.43. The van der Waals surface area contributed by atoms with E-state index in [2.05, 4.69) is 4.98 Å². The number of benzene rings is 1. The number of fused-ring (bicyclic) bond motifs is 2. The molecule has 2 saturated heterocycles. The van der Waals surface area contributed by atoms with Gasteiger partial charge >= 0.3 is 0 Å². The number of rotatable bonds is 2. The number of hydrogen-bond acceptors (Lipinski definition) is 3. The molecule has 0 radical (unpaired) electrons. The molecule has 2 aliphatic carbocycles. The van der Waals surface area contributed by atoms with Gasteiger partial charge in [-0.1, -0.05) is 6.07 Å². The first kappa shape index (κ1) is 14.8. The summed E-state index contributed by atoms with van der Waals surface area (Å²) in [5.41, 5.74) is 0.840. The molecule has 4 nitrogen and oxygen atoms in total. The molecule has 2 aromatic rings. The lowest BCUT2D eigenvalue weighted by molar-refractivity contribution is 0.148. The molecule has 1 aromatic carbocycles. The highest BCUT2D eigenvalue weighted by molar-refractivity contribution is 7.89. The van der Waals surface area contributed by atoms with Crippen molar-refractivity contribution in [2.45, 2.75) is 43.0 Å². The van der Waals surface area contributed by atoms with Gasteiger partial charge in [0.15, 0.2) is 0 Å². The van der Waals surface area contributed by atoms with Crippen molar-refractivity contribution in [2.75, 3.05) is 6.54 Å². The fourth-order valence-electron chi connectivity index (χ4n) is 5.39. The van der Waals surface area contributed by atoms with Crippen LogP contribution in [0.1, 0.15) is 32.1 Å². The van der Waals surface area contributed by atoms with Crippen LogP contribution in [0, 0.1) is 17.8 Å². The predicted octanol–water partition coefficient (Wildman–Crippen LogP) is 3.43. The Labute approximate surface area is 142 Å². The van der Waals surface area contributed by atoms with Crippen molar-refractivity contribution in [3.05, 3.63) is 36.5 Å². The summed E-state index contributed by atoms with van der Waals surface area (Å²) in [6.07, 6.45) is 7.62. The standard InChI is InChI=1S/C19H22N2O2S/c22-24(23,18-3-4-19-16(11-18)2-1-5-20-19)21-12-15-7-13-6-14(8-15)10-17(21)9-13/h1-5,11,13-15,17H,6-10,12H2. The van der Waals surface area contributed by atoms with Gasteiger partial charge in [-0.25, -0.2) is 8.42 Å². The largest absolute Gasteiger partial charge is 0.256 e. The van der Waals surface area contributed by atoms with Crippen LogP contribution in [-0.2, 0) is 10.0 Å². The average Bonchev–Trinajstić information content (AvgIpc) is 2.78. The molecule has 4 aliphatic rings. The zero-order valence-corrected chi connectivity index (χ0v) is 14.5. The third kappa shape index (κ3) is 2.29. The van der Waals surface area contributed by atoms with Crippen LogP contribution >= 0.6 is 0 Å². The van der Waals surface area contributed by atoms with Gasteiger partial charge in [-0.2, -0.15) is 4.31 Å². The first-order valence-corrected chi connectivity index (χ1v) is 10.4. The zero-order valence-electron chi connectivity index (χ0n) is 13.6. The maximum atomic E-state index is 13.4. The first-order chi connectivity index (χ1) is 11.6. The third-order valence-electron chi connectivity index (χ3n) is 6.24. The Balaban J connectivity index is 1.56. The van der Waals surface area contributed by atoms with E-state index in [0.29, 0.717) is 17.4 Å². The SMILES string of the molecule is O=S(=O)(c1ccc2ncccc2c1)N1CC2CC3CC(C2)CC1C3. The van der Waals surface area contributed by atoms with E-state index in [-0.39, 0.29) is 6.04 Å². The van der Waals surface area contributed by atoms with Crippen LogP contribution in [0.15, 0.2) is 41.4 Å². The molecule has 6 rings (SSSR count). The summed E-state index contributed by atoms with van der Waals surface area (Å²) in [4.78, 5) is 4.71. The van der Waals surface area contributed by atoms with E-state index in [1.807, 2.05) is 22.5 Å². The Morgan fingerprint density at radius 3 is 2.50 bits per heavy atom. The maximum Gasteiger partial charge on any atom is 0.243 e. The molecule has 0 N–H and O–H groups in total. The first-order valence-electron chi connectivity index (χ1n) is 8.96. The van der Waals surface area contributed by atoms with Crippen molar-refractivity contribution < 1.29 is 8.42 Å². The number of hydrogen-bond donors (Lipinski definition) is 0.